The molecule has 0 atom stereocenters. The van der Waals surface area contributed by atoms with Gasteiger partial charge in [-0.2, -0.15) is 13.2 Å². The minimum absolute atomic E-state index is 0.00576. The number of rotatable bonds is 4. The van der Waals surface area contributed by atoms with Gasteiger partial charge < -0.3 is 19.1 Å². The molecule has 0 bridgehead atoms. The number of carbonyl (C=O) groups is 1. The van der Waals surface area contributed by atoms with Gasteiger partial charge in [-0.25, -0.2) is 0 Å². The van der Waals surface area contributed by atoms with Crippen molar-refractivity contribution < 1.29 is 32.2 Å². The minimum atomic E-state index is -4.45. The van der Waals surface area contributed by atoms with E-state index in [9.17, 15) is 23.1 Å². The molecule has 0 amide bonds. The molecular weight excluding hydrogens is 277 g/mol. The van der Waals surface area contributed by atoms with Crippen LogP contribution in [-0.4, -0.2) is 5.97 Å². The van der Waals surface area contributed by atoms with E-state index in [0.29, 0.717) is 0 Å². The Morgan fingerprint density at radius 1 is 1.25 bits per heavy atom. The number of carboxylic acids is 1. The Kier molecular flexibility index (Phi) is 3.69. The number of halogens is 3. The van der Waals surface area contributed by atoms with Crippen molar-refractivity contribution in [1.82, 2.24) is 0 Å². The van der Waals surface area contributed by atoms with Crippen molar-refractivity contribution >= 4 is 5.97 Å². The van der Waals surface area contributed by atoms with Gasteiger partial charge in [-0.15, -0.1) is 0 Å². The highest BCUT2D eigenvalue weighted by molar-refractivity contribution is 5.82. The fourth-order valence-corrected chi connectivity index (χ4v) is 1.48. The second-order valence-electron chi connectivity index (χ2n) is 3.87. The van der Waals surface area contributed by atoms with E-state index < -0.39 is 17.7 Å². The largest absolute Gasteiger partial charge is 0.542 e. The molecule has 1 heterocycles. The van der Waals surface area contributed by atoms with Gasteiger partial charge in [-0.1, -0.05) is 6.07 Å². The molecule has 20 heavy (non-hydrogen) atoms. The topological polar surface area (TPSA) is 62.5 Å². The maximum absolute atomic E-state index is 12.5. The highest BCUT2D eigenvalue weighted by Gasteiger charge is 2.30. The summed E-state index contributed by atoms with van der Waals surface area (Å²) in [5, 5.41) is 10.5. The summed E-state index contributed by atoms with van der Waals surface area (Å²) < 4.78 is 47.4. The molecule has 0 spiro atoms. The van der Waals surface area contributed by atoms with Gasteiger partial charge in [-0.05, 0) is 30.3 Å². The van der Waals surface area contributed by atoms with E-state index in [1.165, 1.54) is 24.3 Å². The molecule has 106 valence electrons. The third-order valence-corrected chi connectivity index (χ3v) is 2.41. The molecule has 1 aromatic heterocycles. The molecule has 0 unspecified atom stereocenters. The first-order valence-electron chi connectivity index (χ1n) is 5.46. The van der Waals surface area contributed by atoms with Crippen LogP contribution in [0.3, 0.4) is 0 Å². The number of furan rings is 1. The zero-order chi connectivity index (χ0) is 14.8. The highest BCUT2D eigenvalue weighted by atomic mass is 19.4. The zero-order valence-corrected chi connectivity index (χ0v) is 9.94. The number of ether oxygens (including phenoxy) is 1. The van der Waals surface area contributed by atoms with Gasteiger partial charge in [-0.3, -0.25) is 0 Å². The predicted molar refractivity (Wildman–Crippen MR) is 58.8 cm³/mol. The van der Waals surface area contributed by atoms with Crippen LogP contribution in [0.15, 0.2) is 40.8 Å². The number of alkyl halides is 3. The molecule has 0 aliphatic carbocycles. The van der Waals surface area contributed by atoms with Gasteiger partial charge >= 0.3 is 6.18 Å². The lowest BCUT2D eigenvalue weighted by molar-refractivity contribution is -0.257. The maximum atomic E-state index is 12.5. The molecule has 0 radical (unpaired) electrons. The number of aromatic carboxylic acids is 1. The van der Waals surface area contributed by atoms with Crippen LogP contribution in [0, 0.1) is 0 Å². The normalized spacial score (nSPS) is 11.3. The van der Waals surface area contributed by atoms with Gasteiger partial charge in [0, 0.05) is 0 Å². The molecule has 0 saturated heterocycles. The Morgan fingerprint density at radius 2 is 2.00 bits per heavy atom. The number of carbonyl (C=O) groups excluding carboxylic acids is 1. The number of carboxylic acid groups (broad SMARTS) is 1. The van der Waals surface area contributed by atoms with Crippen LogP contribution in [0.25, 0.3) is 0 Å². The predicted octanol–water partition coefficient (Wildman–Crippen LogP) is 2.24. The van der Waals surface area contributed by atoms with Crippen LogP contribution in [0.1, 0.15) is 21.9 Å². The van der Waals surface area contributed by atoms with Gasteiger partial charge in [0.25, 0.3) is 0 Å². The van der Waals surface area contributed by atoms with E-state index in [4.69, 9.17) is 9.15 Å². The molecule has 0 saturated carbocycles. The Labute approximate surface area is 111 Å². The molecule has 0 aliphatic heterocycles. The first-order chi connectivity index (χ1) is 9.36. The van der Waals surface area contributed by atoms with Crippen molar-refractivity contribution in [3.63, 3.8) is 0 Å². The molecule has 1 aromatic carbocycles. The Hall–Kier alpha value is -2.44. The summed E-state index contributed by atoms with van der Waals surface area (Å²) in [5.74, 6) is -1.67. The van der Waals surface area contributed by atoms with Crippen molar-refractivity contribution in [3.05, 3.63) is 53.5 Å². The van der Waals surface area contributed by atoms with Crippen molar-refractivity contribution in [3.8, 4) is 5.75 Å². The summed E-state index contributed by atoms with van der Waals surface area (Å²) in [5.41, 5.74) is -0.829. The van der Waals surface area contributed by atoms with E-state index >= 15 is 0 Å². The smallest absolute Gasteiger partial charge is 0.416 e. The minimum Gasteiger partial charge on any atom is -0.542 e. The molecular formula is C13H8F3O4-. The molecule has 2 aromatic rings. The van der Waals surface area contributed by atoms with Crippen LogP contribution < -0.4 is 9.84 Å². The molecule has 2 rings (SSSR count). The standard InChI is InChI=1S/C13H9F3O4/c14-13(15,16)8-2-1-3-9(6-8)19-7-10-4-5-11(20-10)12(17)18/h1-6H,7H2,(H,17,18)/p-1. The van der Waals surface area contributed by atoms with Gasteiger partial charge in [0.1, 0.15) is 29.8 Å². The lowest BCUT2D eigenvalue weighted by Gasteiger charge is -2.09. The van der Waals surface area contributed by atoms with E-state index in [2.05, 4.69) is 0 Å². The monoisotopic (exact) mass is 285 g/mol. The fourth-order valence-electron chi connectivity index (χ4n) is 1.48. The second-order valence-corrected chi connectivity index (χ2v) is 3.87. The van der Waals surface area contributed by atoms with Crippen LogP contribution in [0.2, 0.25) is 0 Å². The number of hydrogen-bond acceptors (Lipinski definition) is 4. The van der Waals surface area contributed by atoms with Gasteiger partial charge in [0.2, 0.25) is 0 Å². The third kappa shape index (κ3) is 3.31. The molecule has 7 heteroatoms. The number of hydrogen-bond donors (Lipinski definition) is 0. The van der Waals surface area contributed by atoms with Crippen molar-refractivity contribution in [1.29, 1.82) is 0 Å². The summed E-state index contributed by atoms with van der Waals surface area (Å²) in [6.45, 7) is -0.186. The van der Waals surface area contributed by atoms with Crippen molar-refractivity contribution in [2.45, 2.75) is 12.8 Å². The molecule has 0 aliphatic rings. The lowest BCUT2D eigenvalue weighted by atomic mass is 10.2. The molecule has 0 N–H and O–H groups in total. The van der Waals surface area contributed by atoms with Crippen LogP contribution in [-0.2, 0) is 12.8 Å². The van der Waals surface area contributed by atoms with E-state index in [1.54, 1.807) is 0 Å². The van der Waals surface area contributed by atoms with Gasteiger partial charge in [0.15, 0.2) is 0 Å². The third-order valence-electron chi connectivity index (χ3n) is 2.41. The number of benzene rings is 1. The van der Waals surface area contributed by atoms with E-state index in [0.717, 1.165) is 12.1 Å². The Bertz CT molecular complexity index is 616. The summed E-state index contributed by atoms with van der Waals surface area (Å²) in [7, 11) is 0. The zero-order valence-electron chi connectivity index (χ0n) is 9.94. The Morgan fingerprint density at radius 3 is 2.60 bits per heavy atom. The van der Waals surface area contributed by atoms with Crippen molar-refractivity contribution in [2.24, 2.45) is 0 Å². The first kappa shape index (κ1) is 14.0. The van der Waals surface area contributed by atoms with E-state index in [-0.39, 0.29) is 23.9 Å². The molecule has 4 nitrogen and oxygen atoms in total. The van der Waals surface area contributed by atoms with Crippen LogP contribution >= 0.6 is 0 Å². The average Bonchev–Trinajstić information content (AvgIpc) is 2.85. The lowest BCUT2D eigenvalue weighted by Crippen LogP contribution is -2.21. The van der Waals surface area contributed by atoms with Crippen LogP contribution in [0.4, 0.5) is 13.2 Å². The Balaban J connectivity index is 2.05. The summed E-state index contributed by atoms with van der Waals surface area (Å²) in [4.78, 5) is 10.5. The maximum Gasteiger partial charge on any atom is 0.416 e. The van der Waals surface area contributed by atoms with Crippen molar-refractivity contribution in [2.75, 3.05) is 0 Å². The second kappa shape index (κ2) is 5.28. The molecule has 0 fully saturated rings. The summed E-state index contributed by atoms with van der Waals surface area (Å²) >= 11 is 0. The summed E-state index contributed by atoms with van der Waals surface area (Å²) in [6.07, 6.45) is -4.45. The fraction of sp³-hybridized carbons (Fsp3) is 0.154. The quantitative estimate of drug-likeness (QED) is 0.864. The highest BCUT2D eigenvalue weighted by Crippen LogP contribution is 2.31. The SMILES string of the molecule is O=C([O-])c1ccc(COc2cccc(C(F)(F)F)c2)o1. The summed E-state index contributed by atoms with van der Waals surface area (Å²) in [6, 6.07) is 6.88. The first-order valence-corrected chi connectivity index (χ1v) is 5.46. The van der Waals surface area contributed by atoms with Gasteiger partial charge in [0.05, 0.1) is 5.56 Å². The van der Waals surface area contributed by atoms with E-state index in [1.807, 2.05) is 0 Å². The van der Waals surface area contributed by atoms with Crippen LogP contribution in [0.5, 0.6) is 5.75 Å². The average molecular weight is 285 g/mol.